The van der Waals surface area contributed by atoms with Crippen LogP contribution < -0.4 is 0 Å². The van der Waals surface area contributed by atoms with E-state index in [9.17, 15) is 5.11 Å². The fourth-order valence-corrected chi connectivity index (χ4v) is 2.94. The van der Waals surface area contributed by atoms with Crippen LogP contribution in [0.2, 0.25) is 0 Å². The summed E-state index contributed by atoms with van der Waals surface area (Å²) in [5.41, 5.74) is 2.37. The SMILES string of the molecule is O[C@H]1CCSCc2ccc(Br)cc21. The van der Waals surface area contributed by atoms with E-state index in [2.05, 4.69) is 22.0 Å². The summed E-state index contributed by atoms with van der Waals surface area (Å²) in [5, 5.41) is 9.83. The minimum atomic E-state index is -0.275. The molecule has 13 heavy (non-hydrogen) atoms. The summed E-state index contributed by atoms with van der Waals surface area (Å²) >= 11 is 5.32. The summed E-state index contributed by atoms with van der Waals surface area (Å²) < 4.78 is 1.05. The first-order valence-electron chi connectivity index (χ1n) is 4.31. The number of benzene rings is 1. The van der Waals surface area contributed by atoms with E-state index in [0.717, 1.165) is 28.0 Å². The van der Waals surface area contributed by atoms with Crippen LogP contribution in [0.15, 0.2) is 22.7 Å². The van der Waals surface area contributed by atoms with Crippen molar-refractivity contribution in [1.82, 2.24) is 0 Å². The van der Waals surface area contributed by atoms with Crippen molar-refractivity contribution in [3.8, 4) is 0 Å². The number of hydrogen-bond acceptors (Lipinski definition) is 2. The van der Waals surface area contributed by atoms with Crippen molar-refractivity contribution in [1.29, 1.82) is 0 Å². The summed E-state index contributed by atoms with van der Waals surface area (Å²) in [5.74, 6) is 2.08. The van der Waals surface area contributed by atoms with Gasteiger partial charge in [0.2, 0.25) is 0 Å². The maximum atomic E-state index is 9.83. The molecule has 0 fully saturated rings. The van der Waals surface area contributed by atoms with Crippen molar-refractivity contribution in [2.24, 2.45) is 0 Å². The molecule has 1 N–H and O–H groups in total. The molecule has 3 heteroatoms. The normalized spacial score (nSPS) is 22.2. The van der Waals surface area contributed by atoms with Crippen molar-refractivity contribution in [2.45, 2.75) is 18.3 Å². The van der Waals surface area contributed by atoms with Gasteiger partial charge in [0.05, 0.1) is 6.10 Å². The molecule has 1 aliphatic rings. The van der Waals surface area contributed by atoms with Gasteiger partial charge in [-0.25, -0.2) is 0 Å². The highest BCUT2D eigenvalue weighted by atomic mass is 79.9. The van der Waals surface area contributed by atoms with Gasteiger partial charge in [-0.3, -0.25) is 0 Å². The second-order valence-corrected chi connectivity index (χ2v) is 5.22. The maximum Gasteiger partial charge on any atom is 0.0801 e. The molecule has 0 saturated heterocycles. The Morgan fingerprint density at radius 3 is 3.15 bits per heavy atom. The molecule has 0 aliphatic carbocycles. The van der Waals surface area contributed by atoms with E-state index >= 15 is 0 Å². The maximum absolute atomic E-state index is 9.83. The molecule has 0 radical (unpaired) electrons. The van der Waals surface area contributed by atoms with E-state index in [1.165, 1.54) is 5.56 Å². The van der Waals surface area contributed by atoms with Gasteiger partial charge in [0, 0.05) is 10.2 Å². The predicted octanol–water partition coefficient (Wildman–Crippen LogP) is 3.12. The molecule has 0 saturated carbocycles. The Labute approximate surface area is 90.7 Å². The highest BCUT2D eigenvalue weighted by Crippen LogP contribution is 2.32. The molecule has 2 rings (SSSR count). The van der Waals surface area contributed by atoms with Gasteiger partial charge < -0.3 is 5.11 Å². The lowest BCUT2D eigenvalue weighted by Gasteiger charge is -2.10. The van der Waals surface area contributed by atoms with Gasteiger partial charge in [-0.05, 0) is 35.4 Å². The van der Waals surface area contributed by atoms with E-state index in [0.29, 0.717) is 0 Å². The predicted molar refractivity (Wildman–Crippen MR) is 59.9 cm³/mol. The molecule has 1 aromatic rings. The monoisotopic (exact) mass is 258 g/mol. The van der Waals surface area contributed by atoms with Crippen LogP contribution in [0.4, 0.5) is 0 Å². The third-order valence-corrected chi connectivity index (χ3v) is 3.79. The lowest BCUT2D eigenvalue weighted by atomic mass is 10.0. The Hall–Kier alpha value is 0.01000. The molecule has 1 aromatic carbocycles. The summed E-state index contributed by atoms with van der Waals surface area (Å²) in [6.45, 7) is 0. The Morgan fingerprint density at radius 1 is 1.46 bits per heavy atom. The number of rotatable bonds is 0. The number of aliphatic hydroxyl groups is 1. The van der Waals surface area contributed by atoms with E-state index in [4.69, 9.17) is 0 Å². The third-order valence-electron chi connectivity index (χ3n) is 2.26. The molecular formula is C10H11BrOS. The first-order chi connectivity index (χ1) is 6.27. The zero-order valence-corrected chi connectivity index (χ0v) is 9.57. The van der Waals surface area contributed by atoms with Gasteiger partial charge in [0.1, 0.15) is 0 Å². The van der Waals surface area contributed by atoms with Crippen LogP contribution in [0.1, 0.15) is 23.7 Å². The summed E-state index contributed by atoms with van der Waals surface area (Å²) in [7, 11) is 0. The molecule has 0 aromatic heterocycles. The summed E-state index contributed by atoms with van der Waals surface area (Å²) in [4.78, 5) is 0. The van der Waals surface area contributed by atoms with E-state index in [1.807, 2.05) is 23.9 Å². The van der Waals surface area contributed by atoms with E-state index < -0.39 is 0 Å². The van der Waals surface area contributed by atoms with Crippen LogP contribution in [-0.4, -0.2) is 10.9 Å². The van der Waals surface area contributed by atoms with Gasteiger partial charge in [-0.1, -0.05) is 22.0 Å². The van der Waals surface area contributed by atoms with Gasteiger partial charge >= 0.3 is 0 Å². The number of thioether (sulfide) groups is 1. The molecule has 0 bridgehead atoms. The fourth-order valence-electron chi connectivity index (χ4n) is 1.54. The number of fused-ring (bicyclic) bond motifs is 1. The topological polar surface area (TPSA) is 20.2 Å². The quantitative estimate of drug-likeness (QED) is 0.772. The molecular weight excluding hydrogens is 248 g/mol. The first-order valence-corrected chi connectivity index (χ1v) is 6.26. The van der Waals surface area contributed by atoms with Gasteiger partial charge in [-0.15, -0.1) is 0 Å². The standard InChI is InChI=1S/C10H11BrOS/c11-8-2-1-7-6-13-4-3-10(12)9(7)5-8/h1-2,5,10,12H,3-4,6H2/t10-/m0/s1. The van der Waals surface area contributed by atoms with E-state index in [1.54, 1.807) is 0 Å². The average molecular weight is 259 g/mol. The Bertz CT molecular complexity index is 314. The van der Waals surface area contributed by atoms with Crippen LogP contribution in [0.25, 0.3) is 0 Å². The van der Waals surface area contributed by atoms with Gasteiger partial charge in [0.25, 0.3) is 0 Å². The number of aliphatic hydroxyl groups excluding tert-OH is 1. The second kappa shape index (κ2) is 4.03. The average Bonchev–Trinajstić information content (AvgIpc) is 2.29. The highest BCUT2D eigenvalue weighted by molar-refractivity contribution is 9.10. The summed E-state index contributed by atoms with van der Waals surface area (Å²) in [6.07, 6.45) is 0.594. The molecule has 1 aliphatic heterocycles. The highest BCUT2D eigenvalue weighted by Gasteiger charge is 2.16. The largest absolute Gasteiger partial charge is 0.388 e. The molecule has 1 nitrogen and oxygen atoms in total. The molecule has 0 spiro atoms. The smallest absolute Gasteiger partial charge is 0.0801 e. The minimum absolute atomic E-state index is 0.275. The van der Waals surface area contributed by atoms with Crippen molar-refractivity contribution >= 4 is 27.7 Å². The van der Waals surface area contributed by atoms with Crippen molar-refractivity contribution in [2.75, 3.05) is 5.75 Å². The Balaban J connectivity index is 2.43. The van der Waals surface area contributed by atoms with E-state index in [-0.39, 0.29) is 6.10 Å². The molecule has 0 amide bonds. The fraction of sp³-hybridized carbons (Fsp3) is 0.400. The van der Waals surface area contributed by atoms with Crippen LogP contribution in [0.5, 0.6) is 0 Å². The molecule has 70 valence electrons. The number of hydrogen-bond donors (Lipinski definition) is 1. The van der Waals surface area contributed by atoms with Crippen LogP contribution in [-0.2, 0) is 5.75 Å². The van der Waals surface area contributed by atoms with Crippen LogP contribution in [0.3, 0.4) is 0 Å². The lowest BCUT2D eigenvalue weighted by molar-refractivity contribution is 0.175. The third kappa shape index (κ3) is 2.09. The second-order valence-electron chi connectivity index (χ2n) is 3.20. The Morgan fingerprint density at radius 2 is 2.31 bits per heavy atom. The van der Waals surface area contributed by atoms with Crippen molar-refractivity contribution in [3.05, 3.63) is 33.8 Å². The van der Waals surface area contributed by atoms with Crippen molar-refractivity contribution < 1.29 is 5.11 Å². The first kappa shape index (κ1) is 9.56. The van der Waals surface area contributed by atoms with Crippen LogP contribution >= 0.6 is 27.7 Å². The van der Waals surface area contributed by atoms with Gasteiger partial charge in [0.15, 0.2) is 0 Å². The zero-order valence-electron chi connectivity index (χ0n) is 7.16. The molecule has 1 atom stereocenters. The Kier molecular flexibility index (Phi) is 2.96. The summed E-state index contributed by atoms with van der Waals surface area (Å²) in [6, 6.07) is 6.17. The lowest BCUT2D eigenvalue weighted by Crippen LogP contribution is -1.99. The van der Waals surface area contributed by atoms with Crippen molar-refractivity contribution in [3.63, 3.8) is 0 Å². The number of halogens is 1. The van der Waals surface area contributed by atoms with Crippen LogP contribution in [0, 0.1) is 0 Å². The minimum Gasteiger partial charge on any atom is -0.388 e. The zero-order chi connectivity index (χ0) is 9.26. The molecule has 1 heterocycles. The molecule has 0 unspecified atom stereocenters. The van der Waals surface area contributed by atoms with Gasteiger partial charge in [-0.2, -0.15) is 11.8 Å².